The van der Waals surface area contributed by atoms with Crippen molar-refractivity contribution in [3.8, 4) is 10.4 Å². The Morgan fingerprint density at radius 1 is 1.17 bits per heavy atom. The van der Waals surface area contributed by atoms with Crippen molar-refractivity contribution < 1.29 is 4.90 Å². The Balaban J connectivity index is 1.67. The molecule has 120 valence electrons. The van der Waals surface area contributed by atoms with Crippen molar-refractivity contribution >= 4 is 32.9 Å². The Morgan fingerprint density at radius 3 is 2.74 bits per heavy atom. The molecule has 1 saturated heterocycles. The van der Waals surface area contributed by atoms with E-state index in [0.29, 0.717) is 0 Å². The molecule has 0 amide bonds. The van der Waals surface area contributed by atoms with Crippen LogP contribution in [0, 0.1) is 0 Å². The van der Waals surface area contributed by atoms with E-state index in [1.165, 1.54) is 38.8 Å². The standard InChI is InChI=1S/C17H19N3OS2/c21-16-15-12(13-6-5-9-22-13)11-23-17(15)19-14(18-16)10-20-7-3-1-2-4-8-20/h5-6,9,11H,1-4,7-8,10H2,(H,18,19,21)/p+1. The maximum atomic E-state index is 12.6. The van der Waals surface area contributed by atoms with Crippen molar-refractivity contribution in [2.24, 2.45) is 0 Å². The van der Waals surface area contributed by atoms with Gasteiger partial charge in [-0.05, 0) is 37.1 Å². The smallest absolute Gasteiger partial charge is 0.260 e. The first-order valence-electron chi connectivity index (χ1n) is 8.19. The fourth-order valence-electron chi connectivity index (χ4n) is 3.33. The van der Waals surface area contributed by atoms with Crippen LogP contribution in [0.2, 0.25) is 0 Å². The molecule has 1 aliphatic heterocycles. The van der Waals surface area contributed by atoms with E-state index in [4.69, 9.17) is 4.98 Å². The number of likely N-dealkylation sites (tertiary alicyclic amines) is 1. The second-order valence-electron chi connectivity index (χ2n) is 6.16. The number of rotatable bonds is 3. The summed E-state index contributed by atoms with van der Waals surface area (Å²) in [4.78, 5) is 23.9. The van der Waals surface area contributed by atoms with Gasteiger partial charge in [0.05, 0.1) is 18.5 Å². The van der Waals surface area contributed by atoms with Gasteiger partial charge in [-0.2, -0.15) is 0 Å². The first-order valence-corrected chi connectivity index (χ1v) is 9.95. The summed E-state index contributed by atoms with van der Waals surface area (Å²) in [6.45, 7) is 3.21. The maximum absolute atomic E-state index is 12.6. The molecule has 0 spiro atoms. The lowest BCUT2D eigenvalue weighted by Gasteiger charge is -2.16. The highest BCUT2D eigenvalue weighted by Crippen LogP contribution is 2.33. The van der Waals surface area contributed by atoms with E-state index in [9.17, 15) is 4.79 Å². The van der Waals surface area contributed by atoms with Gasteiger partial charge >= 0.3 is 0 Å². The fraction of sp³-hybridized carbons (Fsp3) is 0.412. The van der Waals surface area contributed by atoms with Crippen molar-refractivity contribution in [1.29, 1.82) is 0 Å². The van der Waals surface area contributed by atoms with Crippen molar-refractivity contribution in [2.45, 2.75) is 32.2 Å². The summed E-state index contributed by atoms with van der Waals surface area (Å²) in [5.74, 6) is 0.832. The minimum Gasteiger partial charge on any atom is -0.329 e. The van der Waals surface area contributed by atoms with Crippen molar-refractivity contribution in [1.82, 2.24) is 9.97 Å². The number of fused-ring (bicyclic) bond motifs is 1. The average molecular weight is 347 g/mol. The van der Waals surface area contributed by atoms with Gasteiger partial charge in [-0.25, -0.2) is 4.98 Å². The summed E-state index contributed by atoms with van der Waals surface area (Å²) in [5.41, 5.74) is 1.02. The number of H-pyrrole nitrogens is 1. The molecule has 0 unspecified atom stereocenters. The van der Waals surface area contributed by atoms with E-state index in [2.05, 4.69) is 16.4 Å². The van der Waals surface area contributed by atoms with Gasteiger partial charge in [0.2, 0.25) is 0 Å². The van der Waals surface area contributed by atoms with Crippen LogP contribution in [0.4, 0.5) is 0 Å². The summed E-state index contributed by atoms with van der Waals surface area (Å²) in [6, 6.07) is 4.07. The number of nitrogens with zero attached hydrogens (tertiary/aromatic N) is 1. The van der Waals surface area contributed by atoms with Gasteiger partial charge in [0.1, 0.15) is 11.4 Å². The zero-order valence-corrected chi connectivity index (χ0v) is 14.6. The number of thiophene rings is 2. The number of aromatic amines is 1. The minimum absolute atomic E-state index is 0.00359. The van der Waals surface area contributed by atoms with Crippen molar-refractivity contribution in [3.63, 3.8) is 0 Å². The zero-order chi connectivity index (χ0) is 15.6. The number of hydrogen-bond donors (Lipinski definition) is 2. The van der Waals surface area contributed by atoms with Crippen LogP contribution in [-0.2, 0) is 6.54 Å². The first-order chi connectivity index (χ1) is 11.3. The van der Waals surface area contributed by atoms with Crippen molar-refractivity contribution in [3.05, 3.63) is 39.1 Å². The second kappa shape index (κ2) is 6.55. The summed E-state index contributed by atoms with van der Waals surface area (Å²) in [7, 11) is 0. The Labute approximate surface area is 142 Å². The molecule has 4 heterocycles. The summed E-state index contributed by atoms with van der Waals surface area (Å²) in [6.07, 6.45) is 5.23. The maximum Gasteiger partial charge on any atom is 0.260 e. The number of nitrogens with one attached hydrogen (secondary N) is 2. The van der Waals surface area contributed by atoms with E-state index in [0.717, 1.165) is 33.0 Å². The van der Waals surface area contributed by atoms with E-state index >= 15 is 0 Å². The molecule has 2 N–H and O–H groups in total. The molecule has 6 heteroatoms. The van der Waals surface area contributed by atoms with Gasteiger partial charge in [-0.3, -0.25) is 4.79 Å². The SMILES string of the molecule is O=c1[nH]c(C[NH+]2CCCCCC2)nc2scc(-c3cccs3)c12. The molecular formula is C17H20N3OS2+. The monoisotopic (exact) mass is 346 g/mol. The van der Waals surface area contributed by atoms with E-state index in [1.54, 1.807) is 27.6 Å². The normalized spacial score (nSPS) is 16.7. The lowest BCUT2D eigenvalue weighted by Crippen LogP contribution is -3.10. The highest BCUT2D eigenvalue weighted by atomic mass is 32.1. The summed E-state index contributed by atoms with van der Waals surface area (Å²) in [5, 5.41) is 4.84. The predicted octanol–water partition coefficient (Wildman–Crippen LogP) is 2.67. The molecule has 1 aliphatic rings. The Morgan fingerprint density at radius 2 is 2.00 bits per heavy atom. The molecule has 0 atom stereocenters. The molecule has 3 aromatic rings. The molecule has 0 saturated carbocycles. The van der Waals surface area contributed by atoms with Gasteiger partial charge in [-0.15, -0.1) is 22.7 Å². The second-order valence-corrected chi connectivity index (χ2v) is 7.97. The third kappa shape index (κ3) is 3.11. The van der Waals surface area contributed by atoms with Gasteiger partial charge in [0, 0.05) is 15.8 Å². The Hall–Kier alpha value is -1.50. The van der Waals surface area contributed by atoms with Crippen LogP contribution in [0.15, 0.2) is 27.7 Å². The van der Waals surface area contributed by atoms with Crippen LogP contribution in [0.1, 0.15) is 31.5 Å². The highest BCUT2D eigenvalue weighted by Gasteiger charge is 2.17. The molecule has 0 aromatic carbocycles. The third-order valence-corrected chi connectivity index (χ3v) is 6.28. The van der Waals surface area contributed by atoms with Crippen LogP contribution in [-0.4, -0.2) is 23.1 Å². The van der Waals surface area contributed by atoms with E-state index < -0.39 is 0 Å². The van der Waals surface area contributed by atoms with E-state index in [-0.39, 0.29) is 5.56 Å². The van der Waals surface area contributed by atoms with Gasteiger partial charge in [0.15, 0.2) is 5.82 Å². The Bertz CT molecular complexity index is 842. The number of hydrogen-bond acceptors (Lipinski definition) is 4. The largest absolute Gasteiger partial charge is 0.329 e. The van der Waals surface area contributed by atoms with Gasteiger partial charge in [-0.1, -0.05) is 6.07 Å². The van der Waals surface area contributed by atoms with Gasteiger partial charge < -0.3 is 9.88 Å². The highest BCUT2D eigenvalue weighted by molar-refractivity contribution is 7.18. The van der Waals surface area contributed by atoms with Crippen LogP contribution in [0.5, 0.6) is 0 Å². The summed E-state index contributed by atoms with van der Waals surface area (Å²) >= 11 is 3.23. The first kappa shape index (κ1) is 15.1. The number of quaternary nitrogens is 1. The molecule has 1 fully saturated rings. The molecule has 23 heavy (non-hydrogen) atoms. The molecule has 4 rings (SSSR count). The van der Waals surface area contributed by atoms with Gasteiger partial charge in [0.25, 0.3) is 5.56 Å². The van der Waals surface area contributed by atoms with Crippen LogP contribution in [0.3, 0.4) is 0 Å². The molecule has 0 aliphatic carbocycles. The van der Waals surface area contributed by atoms with Crippen LogP contribution >= 0.6 is 22.7 Å². The zero-order valence-electron chi connectivity index (χ0n) is 12.9. The Kier molecular flexibility index (Phi) is 4.29. The quantitative estimate of drug-likeness (QED) is 0.766. The lowest BCUT2D eigenvalue weighted by molar-refractivity contribution is -0.913. The minimum atomic E-state index is 0.00359. The van der Waals surface area contributed by atoms with Crippen molar-refractivity contribution in [2.75, 3.05) is 13.1 Å². The van der Waals surface area contributed by atoms with Crippen LogP contribution < -0.4 is 10.5 Å². The predicted molar refractivity (Wildman–Crippen MR) is 96.4 cm³/mol. The lowest BCUT2D eigenvalue weighted by atomic mass is 10.2. The average Bonchev–Trinajstić information content (AvgIpc) is 3.13. The fourth-order valence-corrected chi connectivity index (χ4v) is 5.11. The molecule has 4 nitrogen and oxygen atoms in total. The molecule has 0 bridgehead atoms. The third-order valence-electron chi connectivity index (χ3n) is 4.51. The van der Waals surface area contributed by atoms with E-state index in [1.807, 2.05) is 11.4 Å². The van der Waals surface area contributed by atoms with Crippen LogP contribution in [0.25, 0.3) is 20.7 Å². The molecular weight excluding hydrogens is 326 g/mol. The number of aromatic nitrogens is 2. The molecule has 0 radical (unpaired) electrons. The topological polar surface area (TPSA) is 50.2 Å². The summed E-state index contributed by atoms with van der Waals surface area (Å²) < 4.78 is 0. The molecule has 3 aromatic heterocycles.